The number of nitrogens with zero attached hydrogens (tertiary/aromatic N) is 1. The summed E-state index contributed by atoms with van der Waals surface area (Å²) in [5, 5.41) is 2.91. The number of nitrogens with two attached hydrogens (primary N) is 1. The quantitative estimate of drug-likeness (QED) is 0.790. The van der Waals surface area contributed by atoms with Crippen LogP contribution in [0.3, 0.4) is 0 Å². The Kier molecular flexibility index (Phi) is 5.08. The third kappa shape index (κ3) is 4.09. The van der Waals surface area contributed by atoms with Crippen molar-refractivity contribution < 1.29 is 4.79 Å². The summed E-state index contributed by atoms with van der Waals surface area (Å²) in [4.78, 5) is 17.0. The van der Waals surface area contributed by atoms with Crippen molar-refractivity contribution in [3.63, 3.8) is 0 Å². The summed E-state index contributed by atoms with van der Waals surface area (Å²) >= 11 is 1.40. The molecule has 1 rings (SSSR count). The standard InChI is InChI=1S/C12H21N3OS/c1-12(2,3)10-9(17-8-15-10)11(16)14-7-5-4-6-13/h8H,4-7,13H2,1-3H3,(H,14,16). The van der Waals surface area contributed by atoms with E-state index < -0.39 is 0 Å². The molecule has 1 aromatic rings. The van der Waals surface area contributed by atoms with Gasteiger partial charge in [-0.15, -0.1) is 11.3 Å². The van der Waals surface area contributed by atoms with Gasteiger partial charge in [-0.05, 0) is 19.4 Å². The molecular weight excluding hydrogens is 234 g/mol. The van der Waals surface area contributed by atoms with Crippen LogP contribution in [0.2, 0.25) is 0 Å². The summed E-state index contributed by atoms with van der Waals surface area (Å²) in [6, 6.07) is 0. The smallest absolute Gasteiger partial charge is 0.263 e. The fraction of sp³-hybridized carbons (Fsp3) is 0.667. The van der Waals surface area contributed by atoms with E-state index in [1.165, 1.54) is 11.3 Å². The number of nitrogens with one attached hydrogen (secondary N) is 1. The maximum absolute atomic E-state index is 12.0. The van der Waals surface area contributed by atoms with Gasteiger partial charge in [0.05, 0.1) is 11.2 Å². The van der Waals surface area contributed by atoms with Crippen LogP contribution < -0.4 is 11.1 Å². The van der Waals surface area contributed by atoms with Gasteiger partial charge in [-0.1, -0.05) is 20.8 Å². The highest BCUT2D eigenvalue weighted by Crippen LogP contribution is 2.26. The Morgan fingerprint density at radius 2 is 2.18 bits per heavy atom. The molecule has 3 N–H and O–H groups in total. The second-order valence-electron chi connectivity index (χ2n) is 5.03. The second kappa shape index (κ2) is 6.12. The Morgan fingerprint density at radius 3 is 2.76 bits per heavy atom. The van der Waals surface area contributed by atoms with Crippen LogP contribution in [0.15, 0.2) is 5.51 Å². The van der Waals surface area contributed by atoms with E-state index >= 15 is 0 Å². The first kappa shape index (κ1) is 14.1. The van der Waals surface area contributed by atoms with Gasteiger partial charge in [-0.2, -0.15) is 0 Å². The number of amides is 1. The molecule has 4 nitrogen and oxygen atoms in total. The molecule has 0 aliphatic carbocycles. The summed E-state index contributed by atoms with van der Waals surface area (Å²) < 4.78 is 0. The number of hydrogen-bond acceptors (Lipinski definition) is 4. The highest BCUT2D eigenvalue weighted by atomic mass is 32.1. The monoisotopic (exact) mass is 255 g/mol. The van der Waals surface area contributed by atoms with Crippen LogP contribution in [0.1, 0.15) is 49.0 Å². The highest BCUT2D eigenvalue weighted by molar-refractivity contribution is 7.11. The maximum Gasteiger partial charge on any atom is 0.263 e. The third-order valence-electron chi connectivity index (χ3n) is 2.40. The van der Waals surface area contributed by atoms with Crippen molar-refractivity contribution in [3.8, 4) is 0 Å². The lowest BCUT2D eigenvalue weighted by molar-refractivity contribution is 0.0954. The van der Waals surface area contributed by atoms with Gasteiger partial charge in [0.15, 0.2) is 0 Å². The Balaban J connectivity index is 2.61. The van der Waals surface area contributed by atoms with Crippen LogP contribution in [0.25, 0.3) is 0 Å². The van der Waals surface area contributed by atoms with Gasteiger partial charge >= 0.3 is 0 Å². The number of aromatic nitrogens is 1. The zero-order valence-corrected chi connectivity index (χ0v) is 11.6. The van der Waals surface area contributed by atoms with E-state index in [9.17, 15) is 4.79 Å². The molecule has 0 fully saturated rings. The molecule has 0 radical (unpaired) electrons. The summed E-state index contributed by atoms with van der Waals surface area (Å²) in [7, 11) is 0. The molecule has 96 valence electrons. The van der Waals surface area contributed by atoms with E-state index in [1.54, 1.807) is 5.51 Å². The van der Waals surface area contributed by atoms with Gasteiger partial charge in [0.25, 0.3) is 5.91 Å². The Bertz CT molecular complexity index is 368. The number of unbranched alkanes of at least 4 members (excludes halogenated alkanes) is 1. The Morgan fingerprint density at radius 1 is 1.47 bits per heavy atom. The number of thiazole rings is 1. The van der Waals surface area contributed by atoms with Crippen LogP contribution in [0.4, 0.5) is 0 Å². The molecule has 0 aliphatic rings. The number of carbonyl (C=O) groups excluding carboxylic acids is 1. The second-order valence-corrected chi connectivity index (χ2v) is 5.89. The normalized spacial score (nSPS) is 11.5. The van der Waals surface area contributed by atoms with Gasteiger partial charge in [0.1, 0.15) is 4.88 Å². The predicted octanol–water partition coefficient (Wildman–Crippen LogP) is 1.91. The Labute approximate surface area is 107 Å². The molecule has 0 saturated carbocycles. The minimum absolute atomic E-state index is 0.0190. The number of hydrogen-bond donors (Lipinski definition) is 2. The summed E-state index contributed by atoms with van der Waals surface area (Å²) in [5.41, 5.74) is 7.91. The highest BCUT2D eigenvalue weighted by Gasteiger charge is 2.24. The van der Waals surface area contributed by atoms with E-state index in [0.29, 0.717) is 13.1 Å². The van der Waals surface area contributed by atoms with E-state index in [1.807, 2.05) is 0 Å². The largest absolute Gasteiger partial charge is 0.351 e. The van der Waals surface area contributed by atoms with E-state index in [2.05, 4.69) is 31.1 Å². The van der Waals surface area contributed by atoms with E-state index in [0.717, 1.165) is 23.4 Å². The molecule has 0 atom stereocenters. The Hall–Kier alpha value is -0.940. The van der Waals surface area contributed by atoms with Crippen molar-refractivity contribution in [1.82, 2.24) is 10.3 Å². The molecular formula is C12H21N3OS. The number of carbonyl (C=O) groups is 1. The fourth-order valence-corrected chi connectivity index (χ4v) is 2.41. The molecule has 1 heterocycles. The van der Waals surface area contributed by atoms with Crippen molar-refractivity contribution in [2.45, 2.75) is 39.0 Å². The van der Waals surface area contributed by atoms with Gasteiger partial charge in [0.2, 0.25) is 0 Å². The first-order valence-corrected chi connectivity index (χ1v) is 6.77. The lowest BCUT2D eigenvalue weighted by Gasteiger charge is -2.17. The van der Waals surface area contributed by atoms with Crippen molar-refractivity contribution in [2.24, 2.45) is 5.73 Å². The lowest BCUT2D eigenvalue weighted by atomic mass is 9.91. The molecule has 17 heavy (non-hydrogen) atoms. The maximum atomic E-state index is 12.0. The predicted molar refractivity (Wildman–Crippen MR) is 71.4 cm³/mol. The SMILES string of the molecule is CC(C)(C)c1ncsc1C(=O)NCCCCN. The number of rotatable bonds is 5. The minimum atomic E-state index is -0.0933. The van der Waals surface area contributed by atoms with Crippen molar-refractivity contribution in [3.05, 3.63) is 16.1 Å². The van der Waals surface area contributed by atoms with Gasteiger partial charge < -0.3 is 11.1 Å². The fourth-order valence-electron chi connectivity index (χ4n) is 1.49. The van der Waals surface area contributed by atoms with Gasteiger partial charge in [-0.25, -0.2) is 4.98 Å². The molecule has 1 aromatic heterocycles. The summed E-state index contributed by atoms with van der Waals surface area (Å²) in [6.45, 7) is 7.54. The van der Waals surface area contributed by atoms with E-state index in [4.69, 9.17) is 5.73 Å². The minimum Gasteiger partial charge on any atom is -0.351 e. The molecule has 0 aromatic carbocycles. The van der Waals surface area contributed by atoms with Crippen LogP contribution >= 0.6 is 11.3 Å². The first-order valence-electron chi connectivity index (χ1n) is 5.89. The third-order valence-corrected chi connectivity index (χ3v) is 3.23. The average Bonchev–Trinajstić information content (AvgIpc) is 2.72. The van der Waals surface area contributed by atoms with Crippen LogP contribution in [-0.4, -0.2) is 24.0 Å². The van der Waals surface area contributed by atoms with Crippen LogP contribution in [-0.2, 0) is 5.41 Å². The van der Waals surface area contributed by atoms with Crippen molar-refractivity contribution in [2.75, 3.05) is 13.1 Å². The first-order chi connectivity index (χ1) is 7.96. The molecule has 0 unspecified atom stereocenters. The van der Waals surface area contributed by atoms with E-state index in [-0.39, 0.29) is 11.3 Å². The summed E-state index contributed by atoms with van der Waals surface area (Å²) in [6.07, 6.45) is 1.86. The zero-order valence-electron chi connectivity index (χ0n) is 10.7. The lowest BCUT2D eigenvalue weighted by Crippen LogP contribution is -2.27. The topological polar surface area (TPSA) is 68.0 Å². The molecule has 0 spiro atoms. The molecule has 0 saturated heterocycles. The van der Waals surface area contributed by atoms with Crippen LogP contribution in [0, 0.1) is 0 Å². The van der Waals surface area contributed by atoms with Gasteiger partial charge in [-0.3, -0.25) is 4.79 Å². The van der Waals surface area contributed by atoms with Crippen LogP contribution in [0.5, 0.6) is 0 Å². The van der Waals surface area contributed by atoms with Crippen molar-refractivity contribution >= 4 is 17.2 Å². The van der Waals surface area contributed by atoms with Gasteiger partial charge in [0, 0.05) is 12.0 Å². The molecule has 5 heteroatoms. The van der Waals surface area contributed by atoms with Crippen molar-refractivity contribution in [1.29, 1.82) is 0 Å². The molecule has 1 amide bonds. The summed E-state index contributed by atoms with van der Waals surface area (Å²) in [5.74, 6) is -0.0190. The molecule has 0 aliphatic heterocycles. The zero-order chi connectivity index (χ0) is 12.9. The molecule has 0 bridgehead atoms. The average molecular weight is 255 g/mol.